The SMILES string of the molecule is CC(CCCCc1nsnc1C(=O)O)=C(F)F. The van der Waals surface area contributed by atoms with Crippen LogP contribution in [-0.2, 0) is 6.42 Å². The predicted molar refractivity (Wildman–Crippen MR) is 59.3 cm³/mol. The van der Waals surface area contributed by atoms with Crippen LogP contribution >= 0.6 is 11.7 Å². The number of aryl methyl sites for hydroxylation is 1. The molecule has 0 fully saturated rings. The summed E-state index contributed by atoms with van der Waals surface area (Å²) in [5, 5.41) is 8.77. The maximum absolute atomic E-state index is 12.1. The Morgan fingerprint density at radius 1 is 1.35 bits per heavy atom. The lowest BCUT2D eigenvalue weighted by atomic mass is 10.1. The Labute approximate surface area is 101 Å². The van der Waals surface area contributed by atoms with E-state index in [-0.39, 0.29) is 11.3 Å². The van der Waals surface area contributed by atoms with Gasteiger partial charge in [-0.1, -0.05) is 0 Å². The fourth-order valence-corrected chi connectivity index (χ4v) is 1.89. The highest BCUT2D eigenvalue weighted by atomic mass is 32.1. The highest BCUT2D eigenvalue weighted by Crippen LogP contribution is 2.16. The van der Waals surface area contributed by atoms with Gasteiger partial charge in [0.25, 0.3) is 6.08 Å². The van der Waals surface area contributed by atoms with Crippen LogP contribution in [0.25, 0.3) is 0 Å². The zero-order valence-electron chi connectivity index (χ0n) is 9.24. The van der Waals surface area contributed by atoms with Crippen molar-refractivity contribution in [2.45, 2.75) is 32.6 Å². The molecule has 94 valence electrons. The molecule has 17 heavy (non-hydrogen) atoms. The van der Waals surface area contributed by atoms with Crippen LogP contribution in [-0.4, -0.2) is 19.8 Å². The number of carboxylic acids is 1. The Hall–Kier alpha value is -1.37. The average Bonchev–Trinajstić information content (AvgIpc) is 2.72. The fourth-order valence-electron chi connectivity index (χ4n) is 1.31. The van der Waals surface area contributed by atoms with Gasteiger partial charge in [0.2, 0.25) is 0 Å². The molecule has 0 saturated heterocycles. The van der Waals surface area contributed by atoms with Crippen LogP contribution in [0.1, 0.15) is 42.4 Å². The van der Waals surface area contributed by atoms with E-state index in [9.17, 15) is 13.6 Å². The third kappa shape index (κ3) is 4.18. The van der Waals surface area contributed by atoms with Crippen LogP contribution in [0.2, 0.25) is 0 Å². The second kappa shape index (κ2) is 6.39. The molecule has 1 rings (SSSR count). The number of aromatic carboxylic acids is 1. The summed E-state index contributed by atoms with van der Waals surface area (Å²) in [6.07, 6.45) is 0.351. The molecule has 1 heterocycles. The van der Waals surface area contributed by atoms with E-state index >= 15 is 0 Å². The Morgan fingerprint density at radius 3 is 2.65 bits per heavy atom. The molecule has 0 unspecified atom stereocenters. The number of carboxylic acid groups (broad SMARTS) is 1. The van der Waals surface area contributed by atoms with E-state index in [1.54, 1.807) is 0 Å². The van der Waals surface area contributed by atoms with Crippen molar-refractivity contribution in [1.82, 2.24) is 8.75 Å². The van der Waals surface area contributed by atoms with Crippen LogP contribution in [0.5, 0.6) is 0 Å². The molecular weight excluding hydrogens is 250 g/mol. The molecule has 4 nitrogen and oxygen atoms in total. The molecule has 0 saturated carbocycles. The molecule has 0 aliphatic carbocycles. The number of hydrogen-bond acceptors (Lipinski definition) is 4. The van der Waals surface area contributed by atoms with E-state index in [4.69, 9.17) is 5.11 Å². The first-order valence-corrected chi connectivity index (χ1v) is 5.81. The second-order valence-electron chi connectivity index (χ2n) is 3.61. The van der Waals surface area contributed by atoms with Crippen LogP contribution in [0.3, 0.4) is 0 Å². The number of carbonyl (C=O) groups is 1. The van der Waals surface area contributed by atoms with E-state index in [1.165, 1.54) is 6.92 Å². The molecular formula is C10H12F2N2O2S. The Balaban J connectivity index is 2.39. The van der Waals surface area contributed by atoms with Crippen molar-refractivity contribution in [1.29, 1.82) is 0 Å². The summed E-state index contributed by atoms with van der Waals surface area (Å²) >= 11 is 0.854. The van der Waals surface area contributed by atoms with Gasteiger partial charge in [0.1, 0.15) is 0 Å². The minimum atomic E-state index is -1.63. The quantitative estimate of drug-likeness (QED) is 0.800. The number of unbranched alkanes of at least 4 members (excludes halogenated alkanes) is 1. The Kier molecular flexibility index (Phi) is 5.14. The van der Waals surface area contributed by atoms with Gasteiger partial charge in [0, 0.05) is 0 Å². The van der Waals surface area contributed by atoms with E-state index in [1.807, 2.05) is 0 Å². The molecule has 0 amide bonds. The lowest BCUT2D eigenvalue weighted by Crippen LogP contribution is -2.02. The molecule has 0 bridgehead atoms. The molecule has 1 N–H and O–H groups in total. The molecule has 7 heteroatoms. The minimum absolute atomic E-state index is 0.0288. The maximum Gasteiger partial charge on any atom is 0.357 e. The summed E-state index contributed by atoms with van der Waals surface area (Å²) in [6.45, 7) is 1.39. The van der Waals surface area contributed by atoms with E-state index in [2.05, 4.69) is 8.75 Å². The van der Waals surface area contributed by atoms with E-state index in [0.29, 0.717) is 31.4 Å². The van der Waals surface area contributed by atoms with Gasteiger partial charge in [-0.2, -0.15) is 17.5 Å². The van der Waals surface area contributed by atoms with Gasteiger partial charge in [-0.3, -0.25) is 0 Å². The average molecular weight is 262 g/mol. The minimum Gasteiger partial charge on any atom is -0.476 e. The summed E-state index contributed by atoms with van der Waals surface area (Å²) in [4.78, 5) is 10.7. The van der Waals surface area contributed by atoms with Crippen LogP contribution in [0.4, 0.5) is 8.78 Å². The first-order chi connectivity index (χ1) is 8.02. The van der Waals surface area contributed by atoms with Gasteiger partial charge in [-0.15, -0.1) is 0 Å². The number of allylic oxidation sites excluding steroid dienone is 1. The van der Waals surface area contributed by atoms with Gasteiger partial charge in [-0.05, 0) is 38.2 Å². The first-order valence-electron chi connectivity index (χ1n) is 5.08. The third-order valence-electron chi connectivity index (χ3n) is 2.30. The van der Waals surface area contributed by atoms with Gasteiger partial charge < -0.3 is 5.11 Å². The summed E-state index contributed by atoms with van der Waals surface area (Å²) in [5.74, 6) is -1.10. The van der Waals surface area contributed by atoms with Crippen molar-refractivity contribution in [2.24, 2.45) is 0 Å². The lowest BCUT2D eigenvalue weighted by Gasteiger charge is -2.00. The third-order valence-corrected chi connectivity index (χ3v) is 2.86. The monoisotopic (exact) mass is 262 g/mol. The summed E-state index contributed by atoms with van der Waals surface area (Å²) in [5.41, 5.74) is 0.489. The van der Waals surface area contributed by atoms with Crippen molar-refractivity contribution >= 4 is 17.7 Å². The smallest absolute Gasteiger partial charge is 0.357 e. The zero-order valence-corrected chi connectivity index (χ0v) is 10.1. The zero-order chi connectivity index (χ0) is 12.8. The maximum atomic E-state index is 12.1. The van der Waals surface area contributed by atoms with Crippen molar-refractivity contribution in [3.05, 3.63) is 23.0 Å². The fraction of sp³-hybridized carbons (Fsp3) is 0.500. The number of hydrogen-bond donors (Lipinski definition) is 1. The first kappa shape index (κ1) is 13.7. The van der Waals surface area contributed by atoms with Gasteiger partial charge >= 0.3 is 5.97 Å². The summed E-state index contributed by atoms with van der Waals surface area (Å²) < 4.78 is 31.7. The number of halogens is 2. The molecule has 0 spiro atoms. The normalized spacial score (nSPS) is 10.3. The predicted octanol–water partition coefficient (Wildman–Crippen LogP) is 3.12. The molecule has 0 aliphatic heterocycles. The highest BCUT2D eigenvalue weighted by molar-refractivity contribution is 6.99. The summed E-state index contributed by atoms with van der Waals surface area (Å²) in [7, 11) is 0. The Morgan fingerprint density at radius 2 is 2.06 bits per heavy atom. The van der Waals surface area contributed by atoms with Crippen molar-refractivity contribution in [3.8, 4) is 0 Å². The molecule has 0 radical (unpaired) electrons. The molecule has 0 aromatic carbocycles. The lowest BCUT2D eigenvalue weighted by molar-refractivity contribution is 0.0690. The van der Waals surface area contributed by atoms with Gasteiger partial charge in [0.15, 0.2) is 5.69 Å². The molecule has 0 aliphatic rings. The Bertz CT molecular complexity index is 428. The van der Waals surface area contributed by atoms with Crippen LogP contribution < -0.4 is 0 Å². The van der Waals surface area contributed by atoms with Crippen molar-refractivity contribution < 1.29 is 18.7 Å². The van der Waals surface area contributed by atoms with Gasteiger partial charge in [-0.25, -0.2) is 4.79 Å². The van der Waals surface area contributed by atoms with Crippen LogP contribution in [0, 0.1) is 0 Å². The van der Waals surface area contributed by atoms with E-state index < -0.39 is 12.0 Å². The van der Waals surface area contributed by atoms with Gasteiger partial charge in [0.05, 0.1) is 17.4 Å². The number of rotatable bonds is 6. The topological polar surface area (TPSA) is 63.1 Å². The van der Waals surface area contributed by atoms with Crippen LogP contribution in [0.15, 0.2) is 11.7 Å². The highest BCUT2D eigenvalue weighted by Gasteiger charge is 2.14. The molecule has 1 aromatic heterocycles. The largest absolute Gasteiger partial charge is 0.476 e. The standard InChI is InChI=1S/C10H12F2N2O2S/c1-6(9(11)12)4-2-3-5-7-8(10(15)16)14-17-13-7/h2-5H2,1H3,(H,15,16). The molecule has 0 atom stereocenters. The second-order valence-corrected chi connectivity index (χ2v) is 4.14. The molecule has 1 aromatic rings. The van der Waals surface area contributed by atoms with Crippen molar-refractivity contribution in [3.63, 3.8) is 0 Å². The number of nitrogens with zero attached hydrogens (tertiary/aromatic N) is 2. The number of aromatic nitrogens is 2. The van der Waals surface area contributed by atoms with E-state index in [0.717, 1.165) is 11.7 Å². The summed E-state index contributed by atoms with van der Waals surface area (Å²) in [6, 6.07) is 0. The van der Waals surface area contributed by atoms with Crippen molar-refractivity contribution in [2.75, 3.05) is 0 Å².